The van der Waals surface area contributed by atoms with Crippen molar-refractivity contribution in [3.05, 3.63) is 30.2 Å². The molecule has 0 saturated carbocycles. The van der Waals surface area contributed by atoms with E-state index in [-0.39, 0.29) is 38.9 Å². The topological polar surface area (TPSA) is 111 Å². The summed E-state index contributed by atoms with van der Waals surface area (Å²) >= 11 is 0. The Labute approximate surface area is 176 Å². The highest BCUT2D eigenvalue weighted by Gasteiger charge is 2.33. The van der Waals surface area contributed by atoms with E-state index in [4.69, 9.17) is 10.00 Å². The van der Waals surface area contributed by atoms with E-state index in [1.165, 1.54) is 44.6 Å². The second-order valence-corrected chi connectivity index (χ2v) is 9.44. The molecule has 3 aromatic rings. The van der Waals surface area contributed by atoms with Crippen LogP contribution in [0.2, 0.25) is 0 Å². The van der Waals surface area contributed by atoms with Gasteiger partial charge in [0.15, 0.2) is 21.3 Å². The minimum Gasteiger partial charge on any atom is -0.471 e. The van der Waals surface area contributed by atoms with Crippen molar-refractivity contribution in [3.8, 4) is 23.3 Å². The Morgan fingerprint density at radius 1 is 1.19 bits per heavy atom. The number of halogens is 3. The average Bonchev–Trinajstić information content (AvgIpc) is 3.03. The molecule has 0 fully saturated rings. The van der Waals surface area contributed by atoms with Crippen molar-refractivity contribution in [1.29, 1.82) is 5.26 Å². The Balaban J connectivity index is 2.23. The van der Waals surface area contributed by atoms with Crippen LogP contribution in [0.25, 0.3) is 22.6 Å². The molecule has 0 amide bonds. The predicted octanol–water partition coefficient (Wildman–Crippen LogP) is 3.52. The monoisotopic (exact) mass is 453 g/mol. The van der Waals surface area contributed by atoms with Crippen LogP contribution in [0.15, 0.2) is 29.4 Å². The number of hydrogen-bond acceptors (Lipinski definition) is 7. The van der Waals surface area contributed by atoms with Crippen molar-refractivity contribution in [2.45, 2.75) is 37.4 Å². The van der Waals surface area contributed by atoms with Crippen LogP contribution in [0, 0.1) is 11.3 Å². The molecule has 0 atom stereocenters. The molecule has 3 rings (SSSR count). The predicted molar refractivity (Wildman–Crippen MR) is 105 cm³/mol. The molecule has 12 heteroatoms. The summed E-state index contributed by atoms with van der Waals surface area (Å²) in [7, 11) is -2.30. The third-order valence-electron chi connectivity index (χ3n) is 4.45. The number of imidazole rings is 1. The van der Waals surface area contributed by atoms with Crippen LogP contribution in [0.5, 0.6) is 5.75 Å². The maximum Gasteiger partial charge on any atom is 0.433 e. The largest absolute Gasteiger partial charge is 0.471 e. The van der Waals surface area contributed by atoms with Crippen LogP contribution >= 0.6 is 0 Å². The van der Waals surface area contributed by atoms with Crippen LogP contribution in [0.3, 0.4) is 0 Å². The molecule has 31 heavy (non-hydrogen) atoms. The lowest BCUT2D eigenvalue weighted by Gasteiger charge is -2.19. The van der Waals surface area contributed by atoms with Crippen LogP contribution in [-0.4, -0.2) is 39.3 Å². The summed E-state index contributed by atoms with van der Waals surface area (Å²) in [5, 5.41) is 9.15. The lowest BCUT2D eigenvalue weighted by molar-refractivity contribution is -0.141. The first-order valence-electron chi connectivity index (χ1n) is 9.02. The first-order valence-corrected chi connectivity index (χ1v) is 10.7. The van der Waals surface area contributed by atoms with E-state index in [1.807, 2.05) is 6.07 Å². The number of sulfone groups is 1. The molecule has 0 aromatic carbocycles. The zero-order chi connectivity index (χ0) is 23.2. The summed E-state index contributed by atoms with van der Waals surface area (Å²) in [6.07, 6.45) is -2.38. The van der Waals surface area contributed by atoms with Crippen molar-refractivity contribution >= 4 is 20.9 Å². The van der Waals surface area contributed by atoms with Gasteiger partial charge in [-0.25, -0.2) is 23.4 Å². The van der Waals surface area contributed by atoms with Gasteiger partial charge in [-0.15, -0.1) is 0 Å². The molecular formula is C19H18F3N5O3S. The SMILES string of the molecule is CCS(=O)(=O)c1cc(OC(C)(C)C#N)cnc1-c1nc2cc(C(F)(F)F)ncc2n1C. The van der Waals surface area contributed by atoms with Crippen LogP contribution in [0.4, 0.5) is 13.2 Å². The van der Waals surface area contributed by atoms with Gasteiger partial charge in [-0.2, -0.15) is 18.4 Å². The Kier molecular flexibility index (Phi) is 5.43. The van der Waals surface area contributed by atoms with Gasteiger partial charge in [-0.05, 0) is 19.9 Å². The van der Waals surface area contributed by atoms with Crippen LogP contribution in [0.1, 0.15) is 26.5 Å². The third kappa shape index (κ3) is 4.32. The smallest absolute Gasteiger partial charge is 0.433 e. The van der Waals surface area contributed by atoms with Gasteiger partial charge < -0.3 is 9.30 Å². The van der Waals surface area contributed by atoms with Crippen molar-refractivity contribution in [3.63, 3.8) is 0 Å². The lowest BCUT2D eigenvalue weighted by Crippen LogP contribution is -2.25. The fraction of sp³-hybridized carbons (Fsp3) is 0.368. The highest BCUT2D eigenvalue weighted by molar-refractivity contribution is 7.91. The van der Waals surface area contributed by atoms with Gasteiger partial charge in [0.1, 0.15) is 28.1 Å². The van der Waals surface area contributed by atoms with Crippen molar-refractivity contribution in [2.24, 2.45) is 7.05 Å². The highest BCUT2D eigenvalue weighted by Crippen LogP contribution is 2.33. The van der Waals surface area contributed by atoms with Crippen LogP contribution in [-0.2, 0) is 23.1 Å². The minimum absolute atomic E-state index is 0.00703. The number of aryl methyl sites for hydroxylation is 1. The van der Waals surface area contributed by atoms with Crippen molar-refractivity contribution in [2.75, 3.05) is 5.75 Å². The molecule has 0 saturated heterocycles. The molecule has 3 heterocycles. The summed E-state index contributed by atoms with van der Waals surface area (Å²) in [6, 6.07) is 3.96. The summed E-state index contributed by atoms with van der Waals surface area (Å²) in [5.74, 6) is -0.146. The summed E-state index contributed by atoms with van der Waals surface area (Å²) in [6.45, 7) is 4.46. The number of rotatable bonds is 5. The molecule has 3 aromatic heterocycles. The average molecular weight is 453 g/mol. The standard InChI is InChI=1S/C19H18F3N5O3S/c1-5-31(28,29)14-6-11(30-18(2,3)10-23)8-25-16(14)17-26-12-7-15(19(20,21)22)24-9-13(12)27(17)4/h6-9H,5H2,1-4H3. The Hall–Kier alpha value is -3.20. The number of pyridine rings is 2. The van der Waals surface area contributed by atoms with Crippen molar-refractivity contribution < 1.29 is 26.3 Å². The molecule has 0 spiro atoms. The fourth-order valence-electron chi connectivity index (χ4n) is 2.82. The Morgan fingerprint density at radius 2 is 1.87 bits per heavy atom. The molecule has 0 aliphatic carbocycles. The Bertz CT molecular complexity index is 1310. The van der Waals surface area contributed by atoms with E-state index in [0.717, 1.165) is 12.3 Å². The molecule has 0 unspecified atom stereocenters. The van der Waals surface area contributed by atoms with Gasteiger partial charge in [0.2, 0.25) is 0 Å². The number of nitriles is 1. The van der Waals surface area contributed by atoms with E-state index in [0.29, 0.717) is 0 Å². The molecule has 0 aliphatic heterocycles. The van der Waals surface area contributed by atoms with E-state index in [1.54, 1.807) is 0 Å². The minimum atomic E-state index is -4.65. The maximum absolute atomic E-state index is 13.0. The van der Waals surface area contributed by atoms with Gasteiger partial charge in [0.25, 0.3) is 0 Å². The zero-order valence-corrected chi connectivity index (χ0v) is 17.8. The van der Waals surface area contributed by atoms with Crippen LogP contribution < -0.4 is 4.74 Å². The summed E-state index contributed by atoms with van der Waals surface area (Å²) < 4.78 is 71.4. The Morgan fingerprint density at radius 3 is 2.45 bits per heavy atom. The van der Waals surface area contributed by atoms with Gasteiger partial charge >= 0.3 is 6.18 Å². The van der Waals surface area contributed by atoms with E-state index in [2.05, 4.69) is 15.0 Å². The quantitative estimate of drug-likeness (QED) is 0.581. The number of fused-ring (bicyclic) bond motifs is 1. The number of ether oxygens (including phenoxy) is 1. The second kappa shape index (κ2) is 7.49. The highest BCUT2D eigenvalue weighted by atomic mass is 32.2. The molecule has 164 valence electrons. The van der Waals surface area contributed by atoms with E-state index in [9.17, 15) is 21.6 Å². The molecule has 0 bridgehead atoms. The zero-order valence-electron chi connectivity index (χ0n) is 17.0. The maximum atomic E-state index is 13.0. The molecule has 0 N–H and O–H groups in total. The number of nitrogens with zero attached hydrogens (tertiary/aromatic N) is 5. The first kappa shape index (κ1) is 22.5. The number of aromatic nitrogens is 4. The van der Waals surface area contributed by atoms with Crippen molar-refractivity contribution in [1.82, 2.24) is 19.5 Å². The van der Waals surface area contributed by atoms with Gasteiger partial charge in [0.05, 0.1) is 29.2 Å². The molecule has 0 aliphatic rings. The van der Waals surface area contributed by atoms with E-state index < -0.39 is 27.3 Å². The summed E-state index contributed by atoms with van der Waals surface area (Å²) in [5.41, 5.74) is -2.12. The number of hydrogen-bond donors (Lipinski definition) is 0. The molecule has 0 radical (unpaired) electrons. The van der Waals surface area contributed by atoms with Gasteiger partial charge in [-0.3, -0.25) is 0 Å². The third-order valence-corrected chi connectivity index (χ3v) is 6.20. The lowest BCUT2D eigenvalue weighted by atomic mass is 10.2. The first-order chi connectivity index (χ1) is 14.3. The normalized spacial score (nSPS) is 12.7. The summed E-state index contributed by atoms with van der Waals surface area (Å²) in [4.78, 5) is 11.6. The molecule has 8 nitrogen and oxygen atoms in total. The van der Waals surface area contributed by atoms with E-state index >= 15 is 0 Å². The second-order valence-electron chi connectivity index (χ2n) is 7.20. The number of alkyl halides is 3. The fourth-order valence-corrected chi connectivity index (χ4v) is 3.86. The van der Waals surface area contributed by atoms with Gasteiger partial charge in [-0.1, -0.05) is 6.92 Å². The molecular weight excluding hydrogens is 435 g/mol. The van der Waals surface area contributed by atoms with Gasteiger partial charge in [0, 0.05) is 13.1 Å².